The third-order valence-electron chi connectivity index (χ3n) is 9.15. The second kappa shape index (κ2) is 16.4. The molecule has 3 N–H and O–H groups in total. The van der Waals surface area contributed by atoms with Gasteiger partial charge in [-0.05, 0) is 62.6 Å². The number of nitrogens with two attached hydrogens (primary N) is 1. The fourth-order valence-corrected chi connectivity index (χ4v) is 6.17. The van der Waals surface area contributed by atoms with Crippen LogP contribution in [0.1, 0.15) is 58.7 Å². The summed E-state index contributed by atoms with van der Waals surface area (Å²) in [6, 6.07) is 11.3. The van der Waals surface area contributed by atoms with Crippen molar-refractivity contribution in [1.82, 2.24) is 24.6 Å². The number of piperazine rings is 1. The highest BCUT2D eigenvalue weighted by molar-refractivity contribution is 5.96. The Labute approximate surface area is 295 Å². The Morgan fingerprint density at radius 2 is 1.63 bits per heavy atom. The van der Waals surface area contributed by atoms with Gasteiger partial charge in [-0.25, -0.2) is 18.6 Å². The van der Waals surface area contributed by atoms with E-state index in [4.69, 9.17) is 10.5 Å². The number of ether oxygens (including phenoxy) is 1. The Morgan fingerprint density at radius 3 is 2.24 bits per heavy atom. The van der Waals surface area contributed by atoms with Crippen LogP contribution in [0.25, 0.3) is 0 Å². The molecule has 0 spiro atoms. The molecule has 2 aliphatic rings. The molecule has 51 heavy (non-hydrogen) atoms. The van der Waals surface area contributed by atoms with E-state index in [-0.39, 0.29) is 30.1 Å². The number of aryl methyl sites for hydroxylation is 1. The summed E-state index contributed by atoms with van der Waals surface area (Å²) in [5.41, 5.74) is 6.70. The number of hydrogen-bond donors (Lipinski definition) is 2. The number of primary amides is 1. The van der Waals surface area contributed by atoms with Gasteiger partial charge in [-0.3, -0.25) is 19.3 Å². The topological polar surface area (TPSA) is 141 Å². The van der Waals surface area contributed by atoms with E-state index in [2.05, 4.69) is 27.0 Å². The lowest BCUT2D eigenvalue weighted by Gasteiger charge is -2.38. The Kier molecular flexibility index (Phi) is 11.8. The van der Waals surface area contributed by atoms with Crippen molar-refractivity contribution in [3.63, 3.8) is 0 Å². The first kappa shape index (κ1) is 36.7. The molecule has 3 heterocycles. The highest BCUT2D eigenvalue weighted by Gasteiger charge is 2.29. The van der Waals surface area contributed by atoms with Crippen LogP contribution < -0.4 is 15.8 Å². The van der Waals surface area contributed by atoms with Gasteiger partial charge in [-0.2, -0.15) is 0 Å². The number of nitrogens with zero attached hydrogens (tertiary/aromatic N) is 5. The van der Waals surface area contributed by atoms with Crippen LogP contribution in [0.4, 0.5) is 19.3 Å². The molecule has 3 aromatic rings. The molecule has 2 aliphatic heterocycles. The van der Waals surface area contributed by atoms with Crippen molar-refractivity contribution in [2.24, 2.45) is 5.73 Å². The largest absolute Gasteiger partial charge is 0.439 e. The SMILES string of the molecule is CC#CCN(C(=O)Nc1cc(C(N)=O)c(F)cc1F)C1CCN(Cc2ccc(Oc3ccc(C(=O)N4CCN(C(C)=O)CC4)cc3)nc2C)CC1. The van der Waals surface area contributed by atoms with Crippen LogP contribution in [0, 0.1) is 30.4 Å². The molecule has 2 saturated heterocycles. The maximum Gasteiger partial charge on any atom is 0.322 e. The standard InChI is InChI=1S/C37H41F2N7O5/c1-4-5-14-46(37(50)42-33-21-30(35(40)48)31(38)22-32(33)39)28-12-15-43(16-13-28)23-27-8-11-34(41-24(27)2)51-29-9-6-26(7-10-29)36(49)45-19-17-44(18-20-45)25(3)47/h6-11,21-22,28H,12-20,23H2,1-3H3,(H2,40,48)(H,42,50). The fraction of sp³-hybridized carbons (Fsp3) is 0.378. The molecule has 0 radical (unpaired) electrons. The molecule has 2 aromatic carbocycles. The number of piperidine rings is 1. The van der Waals surface area contributed by atoms with Gasteiger partial charge in [-0.15, -0.1) is 5.92 Å². The predicted molar refractivity (Wildman–Crippen MR) is 186 cm³/mol. The maximum absolute atomic E-state index is 14.5. The fourth-order valence-electron chi connectivity index (χ4n) is 6.17. The van der Waals surface area contributed by atoms with Gasteiger partial charge >= 0.3 is 6.03 Å². The summed E-state index contributed by atoms with van der Waals surface area (Å²) >= 11 is 0. The number of hydrogen-bond acceptors (Lipinski definition) is 7. The first-order chi connectivity index (χ1) is 24.4. The van der Waals surface area contributed by atoms with E-state index in [1.807, 2.05) is 13.0 Å². The monoisotopic (exact) mass is 701 g/mol. The summed E-state index contributed by atoms with van der Waals surface area (Å²) in [6.07, 6.45) is 1.27. The normalized spacial score (nSPS) is 15.1. The van der Waals surface area contributed by atoms with Crippen molar-refractivity contribution in [3.8, 4) is 23.5 Å². The van der Waals surface area contributed by atoms with Crippen molar-refractivity contribution in [3.05, 3.63) is 82.5 Å². The second-order valence-electron chi connectivity index (χ2n) is 12.5. The van der Waals surface area contributed by atoms with E-state index in [1.165, 1.54) is 11.8 Å². The molecule has 5 rings (SSSR count). The molecule has 1 aromatic heterocycles. The van der Waals surface area contributed by atoms with E-state index in [0.717, 1.165) is 17.3 Å². The molecular weight excluding hydrogens is 660 g/mol. The number of carbonyl (C=O) groups excluding carboxylic acids is 4. The minimum atomic E-state index is -1.11. The molecule has 0 saturated carbocycles. The smallest absolute Gasteiger partial charge is 0.322 e. The molecule has 14 heteroatoms. The zero-order chi connectivity index (χ0) is 36.7. The summed E-state index contributed by atoms with van der Waals surface area (Å²) in [5.74, 6) is 3.38. The van der Waals surface area contributed by atoms with Gasteiger partial charge in [0.1, 0.15) is 17.4 Å². The molecule has 268 valence electrons. The number of amides is 5. The minimum absolute atomic E-state index is 0.0139. The zero-order valence-electron chi connectivity index (χ0n) is 28.9. The maximum atomic E-state index is 14.5. The van der Waals surface area contributed by atoms with Crippen LogP contribution >= 0.6 is 0 Å². The lowest BCUT2D eigenvalue weighted by Crippen LogP contribution is -2.50. The van der Waals surface area contributed by atoms with Gasteiger partial charge in [0.2, 0.25) is 11.8 Å². The predicted octanol–water partition coefficient (Wildman–Crippen LogP) is 4.39. The molecule has 0 unspecified atom stereocenters. The summed E-state index contributed by atoms with van der Waals surface area (Å²) in [6.45, 7) is 9.27. The molecular formula is C37H41F2N7O5. The molecule has 5 amide bonds. The van der Waals surface area contributed by atoms with Crippen LogP contribution in [0.2, 0.25) is 0 Å². The van der Waals surface area contributed by atoms with E-state index in [1.54, 1.807) is 47.1 Å². The molecule has 0 aliphatic carbocycles. The van der Waals surface area contributed by atoms with E-state index < -0.39 is 29.1 Å². The van der Waals surface area contributed by atoms with Crippen LogP contribution in [0.3, 0.4) is 0 Å². The van der Waals surface area contributed by atoms with E-state index in [9.17, 15) is 28.0 Å². The van der Waals surface area contributed by atoms with Crippen molar-refractivity contribution in [2.75, 3.05) is 51.1 Å². The van der Waals surface area contributed by atoms with Gasteiger partial charge < -0.3 is 30.5 Å². The van der Waals surface area contributed by atoms with Gasteiger partial charge in [0, 0.05) is 82.2 Å². The quantitative estimate of drug-likeness (QED) is 0.316. The van der Waals surface area contributed by atoms with Crippen LogP contribution in [0.15, 0.2) is 48.5 Å². The summed E-state index contributed by atoms with van der Waals surface area (Å²) < 4.78 is 34.4. The second-order valence-corrected chi connectivity index (χ2v) is 12.5. The summed E-state index contributed by atoms with van der Waals surface area (Å²) in [7, 11) is 0. The summed E-state index contributed by atoms with van der Waals surface area (Å²) in [4.78, 5) is 61.2. The zero-order valence-corrected chi connectivity index (χ0v) is 28.9. The lowest BCUT2D eigenvalue weighted by molar-refractivity contribution is -0.130. The number of halogens is 2. The Balaban J connectivity index is 1.14. The van der Waals surface area contributed by atoms with E-state index in [0.29, 0.717) is 81.9 Å². The Morgan fingerprint density at radius 1 is 0.961 bits per heavy atom. The third-order valence-corrected chi connectivity index (χ3v) is 9.15. The van der Waals surface area contributed by atoms with Crippen molar-refractivity contribution < 1.29 is 32.7 Å². The average Bonchev–Trinajstić information content (AvgIpc) is 3.11. The molecule has 0 bridgehead atoms. The number of pyridine rings is 1. The van der Waals surface area contributed by atoms with Crippen LogP contribution in [-0.4, -0.2) is 100 Å². The average molecular weight is 702 g/mol. The number of nitrogens with one attached hydrogen (secondary N) is 1. The number of benzene rings is 2. The number of carbonyl (C=O) groups is 4. The Bertz CT molecular complexity index is 1840. The highest BCUT2D eigenvalue weighted by Crippen LogP contribution is 2.26. The Hall–Kier alpha value is -5.55. The van der Waals surface area contributed by atoms with Crippen LogP contribution in [0.5, 0.6) is 11.6 Å². The first-order valence-corrected chi connectivity index (χ1v) is 16.7. The van der Waals surface area contributed by atoms with E-state index >= 15 is 0 Å². The summed E-state index contributed by atoms with van der Waals surface area (Å²) in [5, 5.41) is 2.45. The van der Waals surface area contributed by atoms with Crippen molar-refractivity contribution in [2.45, 2.75) is 46.2 Å². The van der Waals surface area contributed by atoms with Gasteiger partial charge in [0.05, 0.1) is 17.8 Å². The number of anilines is 1. The number of aromatic nitrogens is 1. The first-order valence-electron chi connectivity index (χ1n) is 16.7. The third kappa shape index (κ3) is 9.17. The lowest BCUT2D eigenvalue weighted by atomic mass is 10.0. The van der Waals surface area contributed by atoms with Gasteiger partial charge in [0.25, 0.3) is 11.8 Å². The van der Waals surface area contributed by atoms with Crippen LogP contribution in [-0.2, 0) is 11.3 Å². The van der Waals surface area contributed by atoms with Crippen molar-refractivity contribution in [1.29, 1.82) is 0 Å². The number of rotatable bonds is 9. The molecule has 2 fully saturated rings. The van der Waals surface area contributed by atoms with Gasteiger partial charge in [0.15, 0.2) is 0 Å². The highest BCUT2D eigenvalue weighted by atomic mass is 19.1. The minimum Gasteiger partial charge on any atom is -0.439 e. The molecule has 12 nitrogen and oxygen atoms in total. The molecule has 0 atom stereocenters. The van der Waals surface area contributed by atoms with Crippen molar-refractivity contribution >= 4 is 29.4 Å². The number of urea groups is 1. The van der Waals surface area contributed by atoms with Gasteiger partial charge in [-0.1, -0.05) is 12.0 Å². The number of likely N-dealkylation sites (tertiary alicyclic amines) is 1.